The highest BCUT2D eigenvalue weighted by atomic mass is 35.5. The van der Waals surface area contributed by atoms with Crippen molar-refractivity contribution in [1.82, 2.24) is 40.5 Å². The van der Waals surface area contributed by atoms with Crippen LogP contribution in [0.1, 0.15) is 66.1 Å². The number of carbonyl (C=O) groups is 1. The molecule has 21 heteroatoms. The van der Waals surface area contributed by atoms with E-state index >= 15 is 8.78 Å². The summed E-state index contributed by atoms with van der Waals surface area (Å²) in [5.41, 5.74) is -2.71. The lowest BCUT2D eigenvalue weighted by Gasteiger charge is -2.23. The van der Waals surface area contributed by atoms with Crippen molar-refractivity contribution in [2.45, 2.75) is 62.8 Å². The van der Waals surface area contributed by atoms with Crippen LogP contribution in [0.5, 0.6) is 0 Å². The average Bonchev–Trinajstić information content (AvgIpc) is 3.68. The molecule has 61 heavy (non-hydrogen) atoms. The molecule has 0 spiro atoms. The molecule has 12 nitrogen and oxygen atoms in total. The van der Waals surface area contributed by atoms with E-state index < -0.39 is 86.6 Å². The van der Waals surface area contributed by atoms with Gasteiger partial charge < -0.3 is 16.0 Å². The molecule has 0 radical (unpaired) electrons. The van der Waals surface area contributed by atoms with Gasteiger partial charge in [-0.25, -0.2) is 22.2 Å². The Morgan fingerprint density at radius 3 is 2.39 bits per heavy atom. The van der Waals surface area contributed by atoms with Crippen LogP contribution in [0, 0.1) is 29.4 Å². The monoisotopic (exact) mass is 893 g/mol. The Balaban J connectivity index is 1.38. The molecule has 0 unspecified atom stereocenters. The van der Waals surface area contributed by atoms with Gasteiger partial charge in [-0.15, -0.1) is 0 Å². The summed E-state index contributed by atoms with van der Waals surface area (Å²) in [4.78, 5) is 18.9. The minimum absolute atomic E-state index is 0.0225. The van der Waals surface area contributed by atoms with E-state index in [1.165, 1.54) is 17.8 Å². The van der Waals surface area contributed by atoms with Gasteiger partial charge in [-0.1, -0.05) is 23.6 Å². The number of fused-ring (bicyclic) bond motifs is 4. The van der Waals surface area contributed by atoms with Crippen LogP contribution in [-0.4, -0.2) is 70.8 Å². The summed E-state index contributed by atoms with van der Waals surface area (Å²) in [6, 6.07) is 7.53. The second-order valence-corrected chi connectivity index (χ2v) is 17.8. The maximum Gasteiger partial charge on any atom is 0.435 e. The fraction of sp³-hybridized carbons (Fsp3) is 0.400. The van der Waals surface area contributed by atoms with Gasteiger partial charge in [0.05, 0.1) is 39.5 Å². The highest BCUT2D eigenvalue weighted by Gasteiger charge is 2.68. The van der Waals surface area contributed by atoms with Crippen LogP contribution in [0.2, 0.25) is 5.02 Å². The lowest BCUT2D eigenvalue weighted by atomic mass is 9.93. The quantitative estimate of drug-likeness (QED) is 0.0604. The first-order valence-electron chi connectivity index (χ1n) is 18.8. The first-order valence-corrected chi connectivity index (χ1v) is 21.1. The number of aromatic nitrogens is 5. The molecule has 2 aliphatic rings. The molecule has 4 N–H and O–H groups in total. The largest absolute Gasteiger partial charge is 0.435 e. The smallest absolute Gasteiger partial charge is 0.346 e. The number of nitrogens with one attached hydrogen (secondary N) is 4. The van der Waals surface area contributed by atoms with Crippen LogP contribution in [-0.2, 0) is 46.9 Å². The summed E-state index contributed by atoms with van der Waals surface area (Å²) < 4.78 is 131. The molecule has 0 bridgehead atoms. The number of amides is 1. The molecule has 7 rings (SSSR count). The van der Waals surface area contributed by atoms with Gasteiger partial charge in [0.25, 0.3) is 5.92 Å². The number of hydrogen-bond donors (Lipinski definition) is 4. The van der Waals surface area contributed by atoms with Crippen LogP contribution in [0.3, 0.4) is 0 Å². The summed E-state index contributed by atoms with van der Waals surface area (Å²) in [6.45, 7) is 3.82. The third-order valence-corrected chi connectivity index (χ3v) is 11.3. The van der Waals surface area contributed by atoms with Gasteiger partial charge in [0.15, 0.2) is 11.5 Å². The molecule has 3 heterocycles. The number of benzene rings is 2. The Morgan fingerprint density at radius 1 is 1.05 bits per heavy atom. The number of anilines is 1. The van der Waals surface area contributed by atoms with Crippen molar-refractivity contribution in [2.75, 3.05) is 31.1 Å². The highest BCUT2D eigenvalue weighted by molar-refractivity contribution is 7.92. The highest BCUT2D eigenvalue weighted by Crippen LogP contribution is 2.68. The molecule has 2 aliphatic carbocycles. The molecule has 3 atom stereocenters. The van der Waals surface area contributed by atoms with E-state index in [0.717, 1.165) is 18.4 Å². The topological polar surface area (TPSA) is 148 Å². The number of aryl methyl sites for hydroxylation is 1. The van der Waals surface area contributed by atoms with E-state index in [1.807, 2.05) is 13.8 Å². The molecule has 3 aromatic heterocycles. The second kappa shape index (κ2) is 15.9. The molecule has 0 aliphatic heterocycles. The molecular formula is C40H39ClF7N9O3S. The zero-order chi connectivity index (χ0) is 44.4. The van der Waals surface area contributed by atoms with E-state index in [0.29, 0.717) is 34.9 Å². The minimum atomic E-state index is -5.08. The standard InChI is InChI=1S/C40H39ClF7N9O3S/c1-38(2,50-13-12-49-3)11-10-23-6-7-24(25-8-9-28(41)32-34(25)56(4)54-37(32)55-61(5,59)60)33(51-23)29(16-20-14-21(42)17-22(43)15-20)52-30(58)19-57-36-31(35(53-57)40(46,47)48)26-18-27(26)39(36,44)45/h6-9,14-15,17,26-27,29,49-50H,12-13,16,18-19H2,1-5H3,(H,52,58)(H,54,55)/t26-,27+,29-/m0/s1. The summed E-state index contributed by atoms with van der Waals surface area (Å²) in [6.07, 6.45) is -4.67. The number of alkyl halides is 5. The predicted octanol–water partition coefficient (Wildman–Crippen LogP) is 6.40. The number of rotatable bonds is 13. The predicted molar refractivity (Wildman–Crippen MR) is 213 cm³/mol. The first-order chi connectivity index (χ1) is 28.5. The Kier molecular flexibility index (Phi) is 11.4. The van der Waals surface area contributed by atoms with Crippen molar-refractivity contribution in [3.05, 3.63) is 93.0 Å². The third-order valence-electron chi connectivity index (χ3n) is 10.4. The lowest BCUT2D eigenvalue weighted by molar-refractivity contribution is -0.142. The van der Waals surface area contributed by atoms with Gasteiger partial charge in [0.2, 0.25) is 15.9 Å². The fourth-order valence-electron chi connectivity index (χ4n) is 7.79. The van der Waals surface area contributed by atoms with Gasteiger partial charge in [0.1, 0.15) is 29.6 Å². The van der Waals surface area contributed by atoms with Gasteiger partial charge >= 0.3 is 6.18 Å². The van der Waals surface area contributed by atoms with Crippen LogP contribution in [0.15, 0.2) is 42.5 Å². The molecule has 5 aromatic rings. The number of nitrogens with zero attached hydrogens (tertiary/aromatic N) is 5. The van der Waals surface area contributed by atoms with Gasteiger partial charge in [0, 0.05) is 48.8 Å². The summed E-state index contributed by atoms with van der Waals surface area (Å²) in [5.74, 6) is -3.02. The normalized spacial score (nSPS) is 17.4. The second-order valence-electron chi connectivity index (χ2n) is 15.6. The summed E-state index contributed by atoms with van der Waals surface area (Å²) in [7, 11) is -0.528. The third kappa shape index (κ3) is 9.06. The molecule has 2 aromatic carbocycles. The Morgan fingerprint density at radius 2 is 1.74 bits per heavy atom. The van der Waals surface area contributed by atoms with Crippen molar-refractivity contribution >= 4 is 44.3 Å². The summed E-state index contributed by atoms with van der Waals surface area (Å²) >= 11 is 6.61. The number of carbonyl (C=O) groups excluding carboxylic acids is 1. The van der Waals surface area contributed by atoms with Gasteiger partial charge in [-0.2, -0.15) is 32.1 Å². The van der Waals surface area contributed by atoms with E-state index in [9.17, 15) is 35.2 Å². The molecular weight excluding hydrogens is 855 g/mol. The maximum absolute atomic E-state index is 15.5. The number of pyridine rings is 1. The zero-order valence-electron chi connectivity index (χ0n) is 33.2. The summed E-state index contributed by atoms with van der Waals surface area (Å²) in [5, 5.41) is 17.1. The van der Waals surface area contributed by atoms with Crippen LogP contribution >= 0.6 is 11.6 Å². The van der Waals surface area contributed by atoms with E-state index in [-0.39, 0.29) is 51.6 Å². The molecule has 1 amide bonds. The molecule has 1 fully saturated rings. The number of hydrogen-bond acceptors (Lipinski definition) is 8. The molecule has 1 saturated carbocycles. The van der Waals surface area contributed by atoms with E-state index in [4.69, 9.17) is 16.6 Å². The fourth-order valence-corrected chi connectivity index (χ4v) is 8.53. The molecule has 0 saturated heterocycles. The van der Waals surface area contributed by atoms with Crippen molar-refractivity contribution in [3.8, 4) is 23.0 Å². The molecule has 324 valence electrons. The maximum atomic E-state index is 15.5. The van der Waals surface area contributed by atoms with Crippen LogP contribution < -0.4 is 20.7 Å². The van der Waals surface area contributed by atoms with Gasteiger partial charge in [-0.05, 0) is 81.5 Å². The Labute approximate surface area is 350 Å². The van der Waals surface area contributed by atoms with E-state index in [1.54, 1.807) is 25.2 Å². The number of likely N-dealkylation sites (N-methyl/N-ethyl adjacent to an activating group) is 1. The average molecular weight is 894 g/mol. The first kappa shape index (κ1) is 43.8. The van der Waals surface area contributed by atoms with Gasteiger partial charge in [-0.3, -0.25) is 18.9 Å². The number of sulfonamides is 1. The van der Waals surface area contributed by atoms with Crippen LogP contribution in [0.25, 0.3) is 22.0 Å². The van der Waals surface area contributed by atoms with Crippen molar-refractivity contribution in [3.63, 3.8) is 0 Å². The van der Waals surface area contributed by atoms with Crippen molar-refractivity contribution in [1.29, 1.82) is 0 Å². The SMILES string of the molecule is CNCCNC(C)(C)C#Cc1ccc(-c2ccc(Cl)c3c(NS(C)(=O)=O)nn(C)c23)c([C@H](Cc2cc(F)cc(F)c2)NC(=O)Cn2nc(C(F)(F)F)c3c2C(F)(F)[C@@H]2C[C@H]32)n1. The zero-order valence-corrected chi connectivity index (χ0v) is 34.8. The van der Waals surface area contributed by atoms with Crippen molar-refractivity contribution in [2.24, 2.45) is 13.0 Å². The van der Waals surface area contributed by atoms with Crippen molar-refractivity contribution < 1.29 is 43.9 Å². The minimum Gasteiger partial charge on any atom is -0.346 e. The van der Waals surface area contributed by atoms with E-state index in [2.05, 4.69) is 42.7 Å². The Bertz CT molecular complexity index is 2720. The van der Waals surface area contributed by atoms with Crippen LogP contribution in [0.4, 0.5) is 36.6 Å². The number of halogens is 8. The lowest BCUT2D eigenvalue weighted by Crippen LogP contribution is -2.41. The Hall–Kier alpha value is -5.23.